The van der Waals surface area contributed by atoms with E-state index in [1.807, 2.05) is 30.0 Å². The lowest BCUT2D eigenvalue weighted by atomic mass is 10.1. The highest BCUT2D eigenvalue weighted by Gasteiger charge is 2.16. The predicted octanol–water partition coefficient (Wildman–Crippen LogP) is 1.84. The van der Waals surface area contributed by atoms with Gasteiger partial charge in [-0.15, -0.1) is 12.4 Å². The molecule has 0 aromatic heterocycles. The van der Waals surface area contributed by atoms with Gasteiger partial charge in [0.05, 0.1) is 14.2 Å². The molecule has 0 radical (unpaired) electrons. The summed E-state index contributed by atoms with van der Waals surface area (Å²) in [5.41, 5.74) is 0.942. The van der Waals surface area contributed by atoms with Crippen LogP contribution in [0.4, 0.5) is 0 Å². The zero-order valence-corrected chi connectivity index (χ0v) is 14.5. The van der Waals surface area contributed by atoms with Crippen molar-refractivity contribution in [2.45, 2.75) is 19.0 Å². The standard InChI is InChI=1S/C15H22N2O3S.ClH/c1-19-13-4-3-11(14(8-13)20-2)9-17-15(18)7-12-10-21-6-5-16-12;/h3-4,8,12,16H,5-7,9-10H2,1-2H3,(H,17,18);1H. The second-order valence-electron chi connectivity index (χ2n) is 4.88. The molecule has 22 heavy (non-hydrogen) atoms. The monoisotopic (exact) mass is 346 g/mol. The summed E-state index contributed by atoms with van der Waals surface area (Å²) in [6.45, 7) is 1.45. The minimum atomic E-state index is 0. The Morgan fingerprint density at radius 2 is 2.23 bits per heavy atom. The minimum Gasteiger partial charge on any atom is -0.497 e. The quantitative estimate of drug-likeness (QED) is 0.823. The second-order valence-corrected chi connectivity index (χ2v) is 6.03. The molecule has 5 nitrogen and oxygen atoms in total. The number of hydrogen-bond acceptors (Lipinski definition) is 5. The molecule has 7 heteroatoms. The van der Waals surface area contributed by atoms with E-state index in [1.165, 1.54) is 0 Å². The summed E-state index contributed by atoms with van der Waals surface area (Å²) >= 11 is 1.89. The molecule has 1 atom stereocenters. The smallest absolute Gasteiger partial charge is 0.221 e. The molecule has 2 rings (SSSR count). The highest BCUT2D eigenvalue weighted by Crippen LogP contribution is 2.24. The summed E-state index contributed by atoms with van der Waals surface area (Å²) < 4.78 is 10.5. The van der Waals surface area contributed by atoms with Crippen LogP contribution < -0.4 is 20.1 Å². The second kappa shape index (κ2) is 9.82. The Labute approximate surface area is 141 Å². The van der Waals surface area contributed by atoms with Gasteiger partial charge in [0.1, 0.15) is 11.5 Å². The molecular weight excluding hydrogens is 324 g/mol. The fraction of sp³-hybridized carbons (Fsp3) is 0.533. The van der Waals surface area contributed by atoms with E-state index in [0.29, 0.717) is 13.0 Å². The van der Waals surface area contributed by atoms with E-state index in [1.54, 1.807) is 14.2 Å². The van der Waals surface area contributed by atoms with Gasteiger partial charge in [-0.05, 0) is 12.1 Å². The van der Waals surface area contributed by atoms with Crippen molar-refractivity contribution in [1.82, 2.24) is 10.6 Å². The number of carbonyl (C=O) groups is 1. The largest absolute Gasteiger partial charge is 0.497 e. The Kier molecular flexibility index (Phi) is 8.45. The maximum Gasteiger partial charge on any atom is 0.221 e. The van der Waals surface area contributed by atoms with Crippen molar-refractivity contribution >= 4 is 30.1 Å². The van der Waals surface area contributed by atoms with E-state index in [2.05, 4.69) is 10.6 Å². The van der Waals surface area contributed by atoms with Crippen LogP contribution in [0.2, 0.25) is 0 Å². The lowest BCUT2D eigenvalue weighted by Gasteiger charge is -2.22. The molecular formula is C15H23ClN2O3S. The van der Waals surface area contributed by atoms with E-state index >= 15 is 0 Å². The van der Waals surface area contributed by atoms with Gasteiger partial charge in [0, 0.05) is 48.7 Å². The number of methoxy groups -OCH3 is 2. The molecule has 1 saturated heterocycles. The number of halogens is 1. The van der Waals surface area contributed by atoms with Crippen LogP contribution in [-0.2, 0) is 11.3 Å². The zero-order chi connectivity index (χ0) is 15.1. The topological polar surface area (TPSA) is 59.6 Å². The van der Waals surface area contributed by atoms with Gasteiger partial charge in [-0.25, -0.2) is 0 Å². The van der Waals surface area contributed by atoms with Crippen molar-refractivity contribution in [2.75, 3.05) is 32.3 Å². The molecule has 1 aliphatic heterocycles. The highest BCUT2D eigenvalue weighted by molar-refractivity contribution is 7.99. The van der Waals surface area contributed by atoms with E-state index < -0.39 is 0 Å². The normalized spacial score (nSPS) is 17.3. The minimum absolute atomic E-state index is 0. The van der Waals surface area contributed by atoms with Crippen LogP contribution in [0.3, 0.4) is 0 Å². The van der Waals surface area contributed by atoms with Gasteiger partial charge in [-0.2, -0.15) is 11.8 Å². The third-order valence-corrected chi connectivity index (χ3v) is 4.53. The third kappa shape index (κ3) is 5.59. The molecule has 2 N–H and O–H groups in total. The lowest BCUT2D eigenvalue weighted by Crippen LogP contribution is -2.41. The number of amides is 1. The summed E-state index contributed by atoms with van der Waals surface area (Å²) in [4.78, 5) is 12.0. The number of carbonyl (C=O) groups excluding carboxylic acids is 1. The molecule has 0 aliphatic carbocycles. The molecule has 0 spiro atoms. The third-order valence-electron chi connectivity index (χ3n) is 3.40. The highest BCUT2D eigenvalue weighted by atomic mass is 35.5. The first kappa shape index (κ1) is 18.9. The van der Waals surface area contributed by atoms with Crippen molar-refractivity contribution < 1.29 is 14.3 Å². The Morgan fingerprint density at radius 3 is 2.86 bits per heavy atom. The summed E-state index contributed by atoms with van der Waals surface area (Å²) in [6, 6.07) is 5.87. The fourth-order valence-corrected chi connectivity index (χ4v) is 3.19. The van der Waals surface area contributed by atoms with Crippen LogP contribution in [0.25, 0.3) is 0 Å². The first-order valence-electron chi connectivity index (χ1n) is 7.01. The number of ether oxygens (including phenoxy) is 2. The van der Waals surface area contributed by atoms with Gasteiger partial charge >= 0.3 is 0 Å². The van der Waals surface area contributed by atoms with Crippen molar-refractivity contribution in [3.8, 4) is 11.5 Å². The van der Waals surface area contributed by atoms with Crippen LogP contribution in [0.5, 0.6) is 11.5 Å². The Morgan fingerprint density at radius 1 is 1.41 bits per heavy atom. The SMILES string of the molecule is COc1ccc(CNC(=O)CC2CSCCN2)c(OC)c1.Cl. The zero-order valence-electron chi connectivity index (χ0n) is 12.9. The Balaban J connectivity index is 0.00000242. The van der Waals surface area contributed by atoms with E-state index in [9.17, 15) is 4.79 Å². The van der Waals surface area contributed by atoms with E-state index in [-0.39, 0.29) is 24.4 Å². The van der Waals surface area contributed by atoms with Crippen molar-refractivity contribution in [1.29, 1.82) is 0 Å². The maximum absolute atomic E-state index is 12.0. The summed E-state index contributed by atoms with van der Waals surface area (Å²) in [7, 11) is 3.23. The van der Waals surface area contributed by atoms with Gasteiger partial charge in [0.2, 0.25) is 5.91 Å². The Bertz CT molecular complexity index is 482. The van der Waals surface area contributed by atoms with Gasteiger partial charge in [0.25, 0.3) is 0 Å². The summed E-state index contributed by atoms with van der Waals surface area (Å²) in [5, 5.41) is 6.31. The fourth-order valence-electron chi connectivity index (χ4n) is 2.24. The molecule has 1 aromatic carbocycles. The number of nitrogens with one attached hydrogen (secondary N) is 2. The molecule has 1 amide bonds. The molecule has 0 bridgehead atoms. The van der Waals surface area contributed by atoms with Crippen LogP contribution in [0.15, 0.2) is 18.2 Å². The van der Waals surface area contributed by atoms with Gasteiger partial charge in [0.15, 0.2) is 0 Å². The summed E-state index contributed by atoms with van der Waals surface area (Å²) in [6.07, 6.45) is 0.519. The number of rotatable bonds is 6. The lowest BCUT2D eigenvalue weighted by molar-refractivity contribution is -0.121. The average Bonchev–Trinajstić information content (AvgIpc) is 2.53. The average molecular weight is 347 g/mol. The van der Waals surface area contributed by atoms with Crippen molar-refractivity contribution in [3.63, 3.8) is 0 Å². The van der Waals surface area contributed by atoms with Crippen molar-refractivity contribution in [2.24, 2.45) is 0 Å². The predicted molar refractivity (Wildman–Crippen MR) is 92.4 cm³/mol. The van der Waals surface area contributed by atoms with Gasteiger partial charge in [-0.3, -0.25) is 4.79 Å². The van der Waals surface area contributed by atoms with Crippen molar-refractivity contribution in [3.05, 3.63) is 23.8 Å². The number of thioether (sulfide) groups is 1. The molecule has 1 aromatic rings. The molecule has 1 unspecified atom stereocenters. The van der Waals surface area contributed by atoms with E-state index in [0.717, 1.165) is 35.1 Å². The molecule has 1 aliphatic rings. The van der Waals surface area contributed by atoms with Crippen LogP contribution in [-0.4, -0.2) is 44.2 Å². The number of hydrogen-bond donors (Lipinski definition) is 2. The van der Waals surface area contributed by atoms with Gasteiger partial charge in [-0.1, -0.05) is 0 Å². The van der Waals surface area contributed by atoms with Gasteiger partial charge < -0.3 is 20.1 Å². The maximum atomic E-state index is 12.0. The Hall–Kier alpha value is -1.11. The van der Waals surface area contributed by atoms with Crippen LogP contribution in [0, 0.1) is 0 Å². The molecule has 0 saturated carbocycles. The molecule has 1 heterocycles. The number of benzene rings is 1. The first-order valence-corrected chi connectivity index (χ1v) is 8.17. The van der Waals surface area contributed by atoms with Crippen LogP contribution in [0.1, 0.15) is 12.0 Å². The molecule has 124 valence electrons. The summed E-state index contributed by atoms with van der Waals surface area (Å²) in [5.74, 6) is 3.65. The first-order chi connectivity index (χ1) is 10.2. The molecule has 1 fully saturated rings. The van der Waals surface area contributed by atoms with E-state index in [4.69, 9.17) is 9.47 Å². The van der Waals surface area contributed by atoms with Crippen LogP contribution >= 0.6 is 24.2 Å².